The maximum Gasteiger partial charge on any atom is 0.220 e. The zero-order valence-electron chi connectivity index (χ0n) is 45.0. The quantitative estimate of drug-likeness (QED) is 0.0206. The molecule has 0 aromatic carbocycles. The second kappa shape index (κ2) is 44.7. The van der Waals surface area contributed by atoms with Gasteiger partial charge in [0.05, 0.1) is 32.0 Å². The van der Waals surface area contributed by atoms with Gasteiger partial charge in [-0.2, -0.15) is 0 Å². The van der Waals surface area contributed by atoms with Crippen molar-refractivity contribution in [2.75, 3.05) is 19.8 Å². The van der Waals surface area contributed by atoms with Crippen LogP contribution in [0.2, 0.25) is 0 Å². The third kappa shape index (κ3) is 30.4. The van der Waals surface area contributed by atoms with Crippen LogP contribution in [0.1, 0.15) is 168 Å². The Morgan fingerprint density at radius 2 is 0.932 bits per heavy atom. The number of hydrogen-bond acceptors (Lipinski definition) is 13. The van der Waals surface area contributed by atoms with Gasteiger partial charge in [-0.15, -0.1) is 0 Å². The average molecular weight is 1040 g/mol. The van der Waals surface area contributed by atoms with Crippen LogP contribution < -0.4 is 5.32 Å². The van der Waals surface area contributed by atoms with Crippen LogP contribution in [0.15, 0.2) is 109 Å². The molecule has 422 valence electrons. The topological polar surface area (TPSA) is 228 Å². The number of aliphatic hydroxyl groups excluding tert-OH is 8. The Morgan fingerprint density at radius 3 is 1.43 bits per heavy atom. The van der Waals surface area contributed by atoms with Crippen molar-refractivity contribution in [1.82, 2.24) is 5.32 Å². The van der Waals surface area contributed by atoms with Gasteiger partial charge in [-0.25, -0.2) is 0 Å². The van der Waals surface area contributed by atoms with E-state index < -0.39 is 86.8 Å². The molecule has 2 aliphatic rings. The summed E-state index contributed by atoms with van der Waals surface area (Å²) in [5, 5.41) is 86.8. The van der Waals surface area contributed by atoms with Gasteiger partial charge >= 0.3 is 0 Å². The Hall–Kier alpha value is -3.35. The minimum absolute atomic E-state index is 0.244. The van der Waals surface area contributed by atoms with E-state index in [1.54, 1.807) is 6.08 Å². The summed E-state index contributed by atoms with van der Waals surface area (Å²) in [5.41, 5.74) is 0. The molecule has 0 aromatic rings. The lowest BCUT2D eigenvalue weighted by molar-refractivity contribution is -0.359. The molecular formula is C60H99NO13. The third-order valence-corrected chi connectivity index (χ3v) is 13.0. The Kier molecular flexibility index (Phi) is 40.4. The molecule has 2 heterocycles. The SMILES string of the molecule is CC/C=C\C/C=C\C/C=C\C/C=C\C/C=C\C/C=C\C/C=C\C/C=C\CCCCCCC(=O)NC(COC1OC(CO)C(OC2OC(CO)C(O)C(O)C2O)C(O)C1O)C(O)/C=C/CCCCCCCCCCC. The molecule has 0 aliphatic carbocycles. The number of carbonyl (C=O) groups is 1. The predicted molar refractivity (Wildman–Crippen MR) is 295 cm³/mol. The molecule has 0 bridgehead atoms. The van der Waals surface area contributed by atoms with Crippen LogP contribution in [-0.2, 0) is 23.7 Å². The zero-order valence-corrected chi connectivity index (χ0v) is 45.0. The van der Waals surface area contributed by atoms with Gasteiger partial charge in [0.15, 0.2) is 12.6 Å². The standard InChI is InChI=1S/C60H99NO13/c1-3-5-7-9-11-13-15-16-17-18-19-20-21-22-23-24-25-26-27-28-29-30-31-32-34-36-38-40-42-44-52(65)61-48(49(64)43-41-39-37-35-33-14-12-10-8-6-4-2)47-71-59-57(70)55(68)58(51(46-63)73-59)74-60-56(69)54(67)53(66)50(45-62)72-60/h5,7,11,13,16-17,19-20,22-23,25-26,28-29,31-32,41,43,48-51,53-60,62-64,66-70H,3-4,6,8-10,12,14-15,18,21,24,27,30,33-40,42,44-47H2,1-2H3,(H,61,65)/b7-5-,13-11-,17-16-,20-19-,23-22-,26-25-,29-28-,32-31-,43-41+. The number of allylic oxidation sites excluding steroid dienone is 17. The van der Waals surface area contributed by atoms with E-state index in [9.17, 15) is 45.6 Å². The van der Waals surface area contributed by atoms with Gasteiger partial charge in [0.25, 0.3) is 0 Å². The van der Waals surface area contributed by atoms with Crippen molar-refractivity contribution in [3.63, 3.8) is 0 Å². The third-order valence-electron chi connectivity index (χ3n) is 13.0. The number of amides is 1. The Labute approximate surface area is 445 Å². The molecule has 2 saturated heterocycles. The van der Waals surface area contributed by atoms with E-state index in [0.29, 0.717) is 6.42 Å². The van der Waals surface area contributed by atoms with Crippen LogP contribution in [0.25, 0.3) is 0 Å². The lowest BCUT2D eigenvalue weighted by Crippen LogP contribution is -2.65. The Morgan fingerprint density at radius 1 is 0.500 bits per heavy atom. The molecule has 0 spiro atoms. The summed E-state index contributed by atoms with van der Waals surface area (Å²) in [4.78, 5) is 13.2. The van der Waals surface area contributed by atoms with Crippen molar-refractivity contribution in [2.45, 2.75) is 242 Å². The van der Waals surface area contributed by atoms with E-state index in [1.807, 2.05) is 6.08 Å². The van der Waals surface area contributed by atoms with E-state index >= 15 is 0 Å². The average Bonchev–Trinajstić information content (AvgIpc) is 3.40. The van der Waals surface area contributed by atoms with E-state index in [-0.39, 0.29) is 18.9 Å². The van der Waals surface area contributed by atoms with Gasteiger partial charge in [0, 0.05) is 6.42 Å². The van der Waals surface area contributed by atoms with E-state index in [2.05, 4.69) is 116 Å². The molecule has 2 rings (SSSR count). The molecule has 2 fully saturated rings. The Bertz CT molecular complexity index is 1650. The normalized spacial score (nSPS) is 26.1. The van der Waals surface area contributed by atoms with E-state index in [0.717, 1.165) is 103 Å². The predicted octanol–water partition coefficient (Wildman–Crippen LogP) is 8.88. The van der Waals surface area contributed by atoms with E-state index in [4.69, 9.17) is 18.9 Å². The molecule has 0 saturated carbocycles. The summed E-state index contributed by atoms with van der Waals surface area (Å²) in [6, 6.07) is -0.935. The molecule has 12 atom stereocenters. The highest BCUT2D eigenvalue weighted by molar-refractivity contribution is 5.76. The number of nitrogens with one attached hydrogen (secondary N) is 1. The number of hydrogen-bond donors (Lipinski definition) is 9. The summed E-state index contributed by atoms with van der Waals surface area (Å²) in [6.07, 6.45) is 45.6. The first-order valence-corrected chi connectivity index (χ1v) is 28.1. The largest absolute Gasteiger partial charge is 0.394 e. The van der Waals surface area contributed by atoms with E-state index in [1.165, 1.54) is 38.5 Å². The smallest absolute Gasteiger partial charge is 0.220 e. The minimum atomic E-state index is -1.80. The lowest BCUT2D eigenvalue weighted by atomic mass is 9.97. The van der Waals surface area contributed by atoms with Crippen molar-refractivity contribution in [2.24, 2.45) is 0 Å². The number of aliphatic hydroxyl groups is 8. The van der Waals surface area contributed by atoms with Gasteiger partial charge in [-0.05, 0) is 83.5 Å². The summed E-state index contributed by atoms with van der Waals surface area (Å²) in [6.45, 7) is 2.61. The maximum absolute atomic E-state index is 13.2. The molecule has 14 heteroatoms. The highest BCUT2D eigenvalue weighted by atomic mass is 16.7. The molecular weight excluding hydrogens is 943 g/mol. The first kappa shape index (κ1) is 66.8. The van der Waals surface area contributed by atoms with Crippen molar-refractivity contribution in [1.29, 1.82) is 0 Å². The van der Waals surface area contributed by atoms with Crippen LogP contribution in [0.4, 0.5) is 0 Å². The number of ether oxygens (including phenoxy) is 4. The molecule has 9 N–H and O–H groups in total. The summed E-state index contributed by atoms with van der Waals surface area (Å²) < 4.78 is 22.7. The summed E-state index contributed by atoms with van der Waals surface area (Å²) in [5.74, 6) is -0.271. The Balaban J connectivity index is 1.75. The van der Waals surface area contributed by atoms with Crippen LogP contribution in [-0.4, -0.2) is 140 Å². The van der Waals surface area contributed by atoms with Gasteiger partial charge in [0.1, 0.15) is 48.8 Å². The second-order valence-corrected chi connectivity index (χ2v) is 19.3. The first-order valence-electron chi connectivity index (χ1n) is 28.1. The first-order chi connectivity index (χ1) is 36.1. The van der Waals surface area contributed by atoms with Crippen LogP contribution >= 0.6 is 0 Å². The van der Waals surface area contributed by atoms with Crippen molar-refractivity contribution < 1.29 is 64.6 Å². The zero-order chi connectivity index (χ0) is 53.9. The fourth-order valence-corrected chi connectivity index (χ4v) is 8.42. The molecule has 14 nitrogen and oxygen atoms in total. The summed E-state index contributed by atoms with van der Waals surface area (Å²) in [7, 11) is 0. The van der Waals surface area contributed by atoms with Crippen molar-refractivity contribution >= 4 is 5.91 Å². The van der Waals surface area contributed by atoms with Gasteiger partial charge in [-0.3, -0.25) is 4.79 Å². The monoisotopic (exact) mass is 1040 g/mol. The maximum atomic E-state index is 13.2. The molecule has 0 radical (unpaired) electrons. The fraction of sp³-hybridized carbons (Fsp3) is 0.683. The number of unbranched alkanes of at least 4 members (excludes halogenated alkanes) is 13. The molecule has 12 unspecified atom stereocenters. The molecule has 1 amide bonds. The van der Waals surface area contributed by atoms with Crippen LogP contribution in [0, 0.1) is 0 Å². The van der Waals surface area contributed by atoms with Gasteiger partial charge in [-0.1, -0.05) is 187 Å². The lowest BCUT2D eigenvalue weighted by Gasteiger charge is -2.46. The second-order valence-electron chi connectivity index (χ2n) is 19.3. The van der Waals surface area contributed by atoms with Crippen LogP contribution in [0.3, 0.4) is 0 Å². The van der Waals surface area contributed by atoms with Crippen molar-refractivity contribution in [3.8, 4) is 0 Å². The van der Waals surface area contributed by atoms with Gasteiger partial charge in [0.2, 0.25) is 5.91 Å². The molecule has 74 heavy (non-hydrogen) atoms. The van der Waals surface area contributed by atoms with Crippen LogP contribution in [0.5, 0.6) is 0 Å². The highest BCUT2D eigenvalue weighted by Crippen LogP contribution is 2.30. The van der Waals surface area contributed by atoms with Gasteiger partial charge < -0.3 is 65.1 Å². The highest BCUT2D eigenvalue weighted by Gasteiger charge is 2.51. The van der Waals surface area contributed by atoms with Crippen molar-refractivity contribution in [3.05, 3.63) is 109 Å². The number of carbonyl (C=O) groups excluding carboxylic acids is 1. The fourth-order valence-electron chi connectivity index (χ4n) is 8.42. The molecule has 2 aliphatic heterocycles. The molecule has 0 aromatic heterocycles. The summed E-state index contributed by atoms with van der Waals surface area (Å²) >= 11 is 0. The minimum Gasteiger partial charge on any atom is -0.394 e. The number of rotatable bonds is 42.